The van der Waals surface area contributed by atoms with Crippen LogP contribution in [0.3, 0.4) is 0 Å². The summed E-state index contributed by atoms with van der Waals surface area (Å²) in [5.74, 6) is 0.905. The molecule has 6 heteroatoms. The quantitative estimate of drug-likeness (QED) is 0.891. The largest absolute Gasteiger partial charge is 0.480 e. The highest BCUT2D eigenvalue weighted by Gasteiger charge is 2.35. The van der Waals surface area contributed by atoms with Gasteiger partial charge in [0, 0.05) is 23.0 Å². The van der Waals surface area contributed by atoms with Crippen LogP contribution in [0.1, 0.15) is 31.5 Å². The molecule has 2 aromatic rings. The van der Waals surface area contributed by atoms with Gasteiger partial charge in [0.25, 0.3) is 5.91 Å². The van der Waals surface area contributed by atoms with Gasteiger partial charge in [-0.3, -0.25) is 9.89 Å². The summed E-state index contributed by atoms with van der Waals surface area (Å²) in [7, 11) is 0. The molecular weight excluding hydrogens is 280 g/mol. The number of nitrogens with zero attached hydrogens (tertiary/aromatic N) is 2. The second-order valence-electron chi connectivity index (χ2n) is 6.45. The number of ether oxygens (including phenoxy) is 1. The van der Waals surface area contributed by atoms with E-state index in [9.17, 15) is 4.79 Å². The van der Waals surface area contributed by atoms with Gasteiger partial charge < -0.3 is 10.1 Å². The van der Waals surface area contributed by atoms with Crippen molar-refractivity contribution in [2.75, 3.05) is 11.9 Å². The van der Waals surface area contributed by atoms with Crippen LogP contribution in [0.5, 0.6) is 5.75 Å². The second kappa shape index (κ2) is 4.56. The van der Waals surface area contributed by atoms with Crippen molar-refractivity contribution in [2.45, 2.75) is 33.1 Å². The van der Waals surface area contributed by atoms with E-state index in [0.29, 0.717) is 17.0 Å². The van der Waals surface area contributed by atoms with E-state index in [-0.39, 0.29) is 12.5 Å². The van der Waals surface area contributed by atoms with E-state index in [0.717, 1.165) is 30.5 Å². The lowest BCUT2D eigenvalue weighted by Crippen LogP contribution is -2.26. The molecule has 2 aromatic heterocycles. The molecule has 22 heavy (non-hydrogen) atoms. The minimum atomic E-state index is -0.174. The average Bonchev–Trinajstić information content (AvgIpc) is 3.03. The van der Waals surface area contributed by atoms with Gasteiger partial charge in [0.1, 0.15) is 0 Å². The van der Waals surface area contributed by atoms with Gasteiger partial charge in [0.05, 0.1) is 5.69 Å². The van der Waals surface area contributed by atoms with Crippen molar-refractivity contribution in [3.8, 4) is 17.0 Å². The Bertz CT molecular complexity index is 768. The van der Waals surface area contributed by atoms with E-state index >= 15 is 0 Å². The summed E-state index contributed by atoms with van der Waals surface area (Å²) in [5, 5.41) is 10.3. The van der Waals surface area contributed by atoms with E-state index in [1.54, 1.807) is 6.20 Å². The molecule has 0 aromatic carbocycles. The number of fused-ring (bicyclic) bond motifs is 2. The van der Waals surface area contributed by atoms with Crippen LogP contribution < -0.4 is 10.1 Å². The highest BCUT2D eigenvalue weighted by Crippen LogP contribution is 2.42. The molecule has 1 aliphatic carbocycles. The maximum Gasteiger partial charge on any atom is 0.263 e. The third-order valence-electron chi connectivity index (χ3n) is 4.76. The SMILES string of the molecule is CCC1(C)Cc2[nH]nc(-c3cnc4c(c3)OCC(=O)N4)c2C1. The monoisotopic (exact) mass is 298 g/mol. The summed E-state index contributed by atoms with van der Waals surface area (Å²) in [5.41, 5.74) is 4.69. The average molecular weight is 298 g/mol. The number of aromatic amines is 1. The van der Waals surface area contributed by atoms with Crippen LogP contribution in [0.25, 0.3) is 11.3 Å². The maximum absolute atomic E-state index is 11.3. The minimum absolute atomic E-state index is 0.0325. The number of amides is 1. The highest BCUT2D eigenvalue weighted by molar-refractivity contribution is 5.94. The lowest BCUT2D eigenvalue weighted by Gasteiger charge is -2.21. The normalized spacial score (nSPS) is 22.7. The molecule has 1 amide bonds. The van der Waals surface area contributed by atoms with Crippen molar-refractivity contribution in [3.63, 3.8) is 0 Å². The van der Waals surface area contributed by atoms with E-state index in [1.165, 1.54) is 11.3 Å². The number of aromatic nitrogens is 3. The van der Waals surface area contributed by atoms with Crippen molar-refractivity contribution in [1.82, 2.24) is 15.2 Å². The van der Waals surface area contributed by atoms with Gasteiger partial charge in [-0.1, -0.05) is 20.3 Å². The number of hydrogen-bond donors (Lipinski definition) is 2. The second-order valence-corrected chi connectivity index (χ2v) is 6.45. The molecule has 1 atom stereocenters. The molecule has 4 rings (SSSR count). The maximum atomic E-state index is 11.3. The first-order valence-electron chi connectivity index (χ1n) is 7.57. The zero-order valence-corrected chi connectivity index (χ0v) is 12.7. The van der Waals surface area contributed by atoms with Gasteiger partial charge in [-0.25, -0.2) is 4.98 Å². The zero-order chi connectivity index (χ0) is 15.3. The van der Waals surface area contributed by atoms with Crippen LogP contribution in [-0.4, -0.2) is 27.7 Å². The Kier molecular flexibility index (Phi) is 2.76. The molecule has 6 nitrogen and oxygen atoms in total. The third-order valence-corrected chi connectivity index (χ3v) is 4.76. The molecule has 0 fully saturated rings. The number of carbonyl (C=O) groups excluding carboxylic acids is 1. The predicted octanol–water partition coefficient (Wildman–Crippen LogP) is 2.32. The molecule has 0 radical (unpaired) electrons. The van der Waals surface area contributed by atoms with Crippen LogP contribution in [0.2, 0.25) is 0 Å². The summed E-state index contributed by atoms with van der Waals surface area (Å²) >= 11 is 0. The van der Waals surface area contributed by atoms with E-state index in [1.807, 2.05) is 6.07 Å². The first-order valence-corrected chi connectivity index (χ1v) is 7.57. The number of pyridine rings is 1. The molecule has 114 valence electrons. The van der Waals surface area contributed by atoms with Crippen LogP contribution in [-0.2, 0) is 17.6 Å². The fourth-order valence-electron chi connectivity index (χ4n) is 3.23. The van der Waals surface area contributed by atoms with Gasteiger partial charge in [0.15, 0.2) is 18.2 Å². The number of carbonyl (C=O) groups is 1. The molecule has 0 saturated heterocycles. The molecule has 1 unspecified atom stereocenters. The van der Waals surface area contributed by atoms with E-state index in [2.05, 4.69) is 34.3 Å². The Balaban J connectivity index is 1.72. The van der Waals surface area contributed by atoms with Crippen molar-refractivity contribution < 1.29 is 9.53 Å². The van der Waals surface area contributed by atoms with Crippen molar-refractivity contribution >= 4 is 11.7 Å². The number of anilines is 1. The number of H-pyrrole nitrogens is 1. The molecule has 0 spiro atoms. The van der Waals surface area contributed by atoms with Crippen molar-refractivity contribution in [3.05, 3.63) is 23.5 Å². The lowest BCUT2D eigenvalue weighted by molar-refractivity contribution is -0.118. The van der Waals surface area contributed by atoms with Crippen LogP contribution in [0.4, 0.5) is 5.82 Å². The van der Waals surface area contributed by atoms with Gasteiger partial charge in [-0.2, -0.15) is 5.10 Å². The van der Waals surface area contributed by atoms with E-state index < -0.39 is 0 Å². The molecular formula is C16H18N4O2. The molecule has 3 heterocycles. The molecule has 0 saturated carbocycles. The third kappa shape index (κ3) is 1.98. The van der Waals surface area contributed by atoms with Crippen molar-refractivity contribution in [2.24, 2.45) is 5.41 Å². The summed E-state index contributed by atoms with van der Waals surface area (Å²) in [6.07, 6.45) is 4.95. The summed E-state index contributed by atoms with van der Waals surface area (Å²) in [6.45, 7) is 4.58. The lowest BCUT2D eigenvalue weighted by atomic mass is 9.84. The summed E-state index contributed by atoms with van der Waals surface area (Å²) in [6, 6.07) is 1.90. The highest BCUT2D eigenvalue weighted by atomic mass is 16.5. The zero-order valence-electron chi connectivity index (χ0n) is 12.7. The Morgan fingerprint density at radius 1 is 1.41 bits per heavy atom. The Hall–Kier alpha value is -2.37. The fraction of sp³-hybridized carbons (Fsp3) is 0.438. The first-order chi connectivity index (χ1) is 10.6. The van der Waals surface area contributed by atoms with Gasteiger partial charge >= 0.3 is 0 Å². The van der Waals surface area contributed by atoms with Gasteiger partial charge in [-0.05, 0) is 24.3 Å². The van der Waals surface area contributed by atoms with Crippen molar-refractivity contribution in [1.29, 1.82) is 0 Å². The molecule has 0 bridgehead atoms. The summed E-state index contributed by atoms with van der Waals surface area (Å²) in [4.78, 5) is 15.6. The first kappa shape index (κ1) is 13.3. The molecule has 1 aliphatic heterocycles. The molecule has 2 aliphatic rings. The standard InChI is InChI=1S/C16H18N4O2/c1-3-16(2)5-10-11(6-16)19-20-14(10)9-4-12-15(17-7-9)18-13(21)8-22-12/h4,7H,3,5-6,8H2,1-2H3,(H,19,20)(H,17,18,21). The fourth-order valence-corrected chi connectivity index (χ4v) is 3.23. The van der Waals surface area contributed by atoms with Crippen LogP contribution in [0.15, 0.2) is 12.3 Å². The molecule has 2 N–H and O–H groups in total. The van der Waals surface area contributed by atoms with Crippen LogP contribution >= 0.6 is 0 Å². The predicted molar refractivity (Wildman–Crippen MR) is 81.7 cm³/mol. The number of rotatable bonds is 2. The Morgan fingerprint density at radius 3 is 3.09 bits per heavy atom. The topological polar surface area (TPSA) is 79.9 Å². The smallest absolute Gasteiger partial charge is 0.263 e. The van der Waals surface area contributed by atoms with Gasteiger partial charge in [-0.15, -0.1) is 0 Å². The number of hydrogen-bond acceptors (Lipinski definition) is 4. The summed E-state index contributed by atoms with van der Waals surface area (Å²) < 4.78 is 5.44. The van der Waals surface area contributed by atoms with Gasteiger partial charge in [0.2, 0.25) is 0 Å². The minimum Gasteiger partial charge on any atom is -0.480 e. The van der Waals surface area contributed by atoms with Crippen LogP contribution in [0, 0.1) is 5.41 Å². The Labute approximate surface area is 128 Å². The Morgan fingerprint density at radius 2 is 2.27 bits per heavy atom. The van der Waals surface area contributed by atoms with E-state index in [4.69, 9.17) is 4.74 Å². The number of nitrogens with one attached hydrogen (secondary N) is 2.